The van der Waals surface area contributed by atoms with Crippen LogP contribution in [0.25, 0.3) is 0 Å². The Morgan fingerprint density at radius 2 is 1.12 bits per heavy atom. The smallest absolute Gasteiger partial charge is 0.411 e. The van der Waals surface area contributed by atoms with Crippen LogP contribution in [0.4, 0.5) is 21.0 Å². The van der Waals surface area contributed by atoms with E-state index in [1.54, 1.807) is 26.0 Å². The quantitative estimate of drug-likeness (QED) is 0.750. The van der Waals surface area contributed by atoms with Crippen LogP contribution >= 0.6 is 0 Å². The number of hydrogen-bond acceptors (Lipinski definition) is 6. The highest BCUT2D eigenvalue weighted by atomic mass is 16.6. The molecule has 2 N–H and O–H groups in total. The SMILES string of the molecule is CCOC(=O)Nc1cc(OCC)c(NC(=O)OCC)cc1OCC. The van der Waals surface area contributed by atoms with Gasteiger partial charge in [-0.3, -0.25) is 10.6 Å². The summed E-state index contributed by atoms with van der Waals surface area (Å²) in [5.41, 5.74) is 0.765. The van der Waals surface area contributed by atoms with E-state index >= 15 is 0 Å². The summed E-state index contributed by atoms with van der Waals surface area (Å²) in [6.07, 6.45) is -1.21. The van der Waals surface area contributed by atoms with Crippen LogP contribution in [0.1, 0.15) is 27.7 Å². The summed E-state index contributed by atoms with van der Waals surface area (Å²) in [6.45, 7) is 8.29. The van der Waals surface area contributed by atoms with Crippen LogP contribution < -0.4 is 20.1 Å². The highest BCUT2D eigenvalue weighted by Crippen LogP contribution is 2.37. The number of amides is 2. The van der Waals surface area contributed by atoms with Crippen LogP contribution in [0.2, 0.25) is 0 Å². The molecular weight excluding hydrogens is 316 g/mol. The van der Waals surface area contributed by atoms with Crippen LogP contribution in [0, 0.1) is 0 Å². The van der Waals surface area contributed by atoms with E-state index in [0.29, 0.717) is 36.1 Å². The van der Waals surface area contributed by atoms with E-state index in [9.17, 15) is 9.59 Å². The second kappa shape index (κ2) is 10.2. The van der Waals surface area contributed by atoms with Gasteiger partial charge in [0.25, 0.3) is 0 Å². The number of hydrogen-bond donors (Lipinski definition) is 2. The van der Waals surface area contributed by atoms with Crippen LogP contribution in [0.5, 0.6) is 11.5 Å². The molecule has 8 nitrogen and oxygen atoms in total. The third-order valence-corrected chi connectivity index (χ3v) is 2.71. The van der Waals surface area contributed by atoms with Gasteiger partial charge in [0.05, 0.1) is 37.8 Å². The first-order valence-electron chi connectivity index (χ1n) is 7.86. The number of ether oxygens (including phenoxy) is 4. The maximum atomic E-state index is 11.7. The molecule has 134 valence electrons. The number of anilines is 2. The lowest BCUT2D eigenvalue weighted by Crippen LogP contribution is -2.16. The first-order chi connectivity index (χ1) is 11.5. The van der Waals surface area contributed by atoms with E-state index in [-0.39, 0.29) is 13.2 Å². The van der Waals surface area contributed by atoms with Crippen molar-refractivity contribution in [3.05, 3.63) is 12.1 Å². The monoisotopic (exact) mass is 340 g/mol. The topological polar surface area (TPSA) is 95.1 Å². The minimum atomic E-state index is -0.605. The molecule has 0 saturated carbocycles. The molecule has 0 heterocycles. The summed E-state index contributed by atoms with van der Waals surface area (Å²) in [6, 6.07) is 3.12. The molecule has 0 atom stereocenters. The van der Waals surface area contributed by atoms with Gasteiger partial charge in [-0.25, -0.2) is 9.59 Å². The average molecular weight is 340 g/mol. The Morgan fingerprint density at radius 3 is 1.42 bits per heavy atom. The summed E-state index contributed by atoms with van der Waals surface area (Å²) in [5.74, 6) is 0.751. The fourth-order valence-electron chi connectivity index (χ4n) is 1.86. The predicted molar refractivity (Wildman–Crippen MR) is 90.1 cm³/mol. The van der Waals surface area contributed by atoms with Gasteiger partial charge in [-0.05, 0) is 27.7 Å². The van der Waals surface area contributed by atoms with Crippen molar-refractivity contribution in [2.45, 2.75) is 27.7 Å². The van der Waals surface area contributed by atoms with E-state index in [1.807, 2.05) is 13.8 Å². The molecule has 2 amide bonds. The van der Waals surface area contributed by atoms with Crippen molar-refractivity contribution in [2.24, 2.45) is 0 Å². The summed E-state index contributed by atoms with van der Waals surface area (Å²) in [7, 11) is 0. The average Bonchev–Trinajstić information content (AvgIpc) is 2.52. The van der Waals surface area contributed by atoms with Crippen molar-refractivity contribution in [3.8, 4) is 11.5 Å². The van der Waals surface area contributed by atoms with Gasteiger partial charge in [-0.2, -0.15) is 0 Å². The third kappa shape index (κ3) is 5.86. The Morgan fingerprint density at radius 1 is 0.750 bits per heavy atom. The largest absolute Gasteiger partial charge is 0.492 e. The number of carbonyl (C=O) groups excluding carboxylic acids is 2. The molecule has 0 spiro atoms. The van der Waals surface area contributed by atoms with Crippen molar-refractivity contribution < 1.29 is 28.5 Å². The lowest BCUT2D eigenvalue weighted by molar-refractivity contribution is 0.166. The molecule has 0 saturated heterocycles. The number of nitrogens with one attached hydrogen (secondary N) is 2. The van der Waals surface area contributed by atoms with Crippen LogP contribution in [-0.2, 0) is 9.47 Å². The van der Waals surface area contributed by atoms with Gasteiger partial charge in [0.1, 0.15) is 11.5 Å². The second-order valence-electron chi connectivity index (χ2n) is 4.40. The number of carbonyl (C=O) groups is 2. The van der Waals surface area contributed by atoms with Gasteiger partial charge >= 0.3 is 12.2 Å². The fourth-order valence-corrected chi connectivity index (χ4v) is 1.86. The van der Waals surface area contributed by atoms with Crippen molar-refractivity contribution in [2.75, 3.05) is 37.1 Å². The van der Waals surface area contributed by atoms with Crippen molar-refractivity contribution in [1.29, 1.82) is 0 Å². The predicted octanol–water partition coefficient (Wildman–Crippen LogP) is 3.62. The van der Waals surface area contributed by atoms with E-state index in [0.717, 1.165) is 0 Å². The Balaban J connectivity index is 3.16. The molecule has 8 heteroatoms. The summed E-state index contributed by atoms with van der Waals surface area (Å²) >= 11 is 0. The van der Waals surface area contributed by atoms with Crippen LogP contribution in [0.3, 0.4) is 0 Å². The van der Waals surface area contributed by atoms with E-state index in [2.05, 4.69) is 10.6 Å². The molecule has 0 aromatic heterocycles. The molecular formula is C16H24N2O6. The van der Waals surface area contributed by atoms with Crippen molar-refractivity contribution >= 4 is 23.6 Å². The van der Waals surface area contributed by atoms with E-state index in [4.69, 9.17) is 18.9 Å². The lowest BCUT2D eigenvalue weighted by atomic mass is 10.2. The van der Waals surface area contributed by atoms with Gasteiger partial charge < -0.3 is 18.9 Å². The minimum Gasteiger partial charge on any atom is -0.492 e. The van der Waals surface area contributed by atoms with Crippen molar-refractivity contribution in [3.63, 3.8) is 0 Å². The highest BCUT2D eigenvalue weighted by molar-refractivity contribution is 5.92. The molecule has 24 heavy (non-hydrogen) atoms. The molecule has 1 aromatic carbocycles. The van der Waals surface area contributed by atoms with Crippen molar-refractivity contribution in [1.82, 2.24) is 0 Å². The van der Waals surface area contributed by atoms with Crippen LogP contribution in [0.15, 0.2) is 12.1 Å². The normalized spacial score (nSPS) is 9.83. The summed E-state index contributed by atoms with van der Waals surface area (Å²) in [4.78, 5) is 23.3. The molecule has 1 rings (SSSR count). The fraction of sp³-hybridized carbons (Fsp3) is 0.500. The maximum Gasteiger partial charge on any atom is 0.411 e. The minimum absolute atomic E-state index is 0.247. The Hall–Kier alpha value is -2.64. The standard InChI is InChI=1S/C16H24N2O6/c1-5-21-13-9-12(18-16(20)24-8-4)14(22-6-2)10-11(13)17-15(19)23-7-3/h9-10H,5-8H2,1-4H3,(H,17,19)(H,18,20). The van der Waals surface area contributed by atoms with Crippen LogP contribution in [-0.4, -0.2) is 38.6 Å². The first-order valence-corrected chi connectivity index (χ1v) is 7.86. The zero-order valence-electron chi connectivity index (χ0n) is 14.4. The third-order valence-electron chi connectivity index (χ3n) is 2.71. The first kappa shape index (κ1) is 19.4. The molecule has 0 radical (unpaired) electrons. The Labute approximate surface area is 141 Å². The van der Waals surface area contributed by atoms with E-state index < -0.39 is 12.2 Å². The Bertz CT molecular complexity index is 512. The van der Waals surface area contributed by atoms with E-state index in [1.165, 1.54) is 0 Å². The molecule has 1 aromatic rings. The zero-order chi connectivity index (χ0) is 17.9. The second-order valence-corrected chi connectivity index (χ2v) is 4.40. The molecule has 0 unspecified atom stereocenters. The van der Waals surface area contributed by atoms with Gasteiger partial charge in [0.15, 0.2) is 0 Å². The number of rotatable bonds is 8. The molecule has 0 aliphatic carbocycles. The highest BCUT2D eigenvalue weighted by Gasteiger charge is 2.16. The zero-order valence-corrected chi connectivity index (χ0v) is 14.4. The summed E-state index contributed by atoms with van der Waals surface area (Å²) in [5, 5.41) is 5.18. The maximum absolute atomic E-state index is 11.7. The van der Waals surface area contributed by atoms with Gasteiger partial charge in [-0.1, -0.05) is 0 Å². The molecule has 0 aliphatic rings. The van der Waals surface area contributed by atoms with Gasteiger partial charge in [0.2, 0.25) is 0 Å². The van der Waals surface area contributed by atoms with Gasteiger partial charge in [-0.15, -0.1) is 0 Å². The summed E-state index contributed by atoms with van der Waals surface area (Å²) < 4.78 is 20.8. The lowest BCUT2D eigenvalue weighted by Gasteiger charge is -2.17. The molecule has 0 aliphatic heterocycles. The Kier molecular flexibility index (Phi) is 8.24. The molecule has 0 bridgehead atoms. The number of benzene rings is 1. The molecule has 0 fully saturated rings. The van der Waals surface area contributed by atoms with Gasteiger partial charge in [0, 0.05) is 12.1 Å².